The van der Waals surface area contributed by atoms with Crippen molar-refractivity contribution in [3.05, 3.63) is 35.4 Å². The molecule has 0 unspecified atom stereocenters. The molecule has 1 saturated carbocycles. The highest BCUT2D eigenvalue weighted by Gasteiger charge is 2.35. The first-order valence-electron chi connectivity index (χ1n) is 8.28. The van der Waals surface area contributed by atoms with Crippen molar-refractivity contribution in [3.8, 4) is 0 Å². The number of thiocarbonyl (C=S) groups is 1. The number of benzene rings is 1. The minimum atomic E-state index is 0.497. The van der Waals surface area contributed by atoms with Gasteiger partial charge in [0.15, 0.2) is 0 Å². The second-order valence-electron chi connectivity index (χ2n) is 6.90. The molecule has 1 heterocycles. The Labute approximate surface area is 133 Å². The Balaban J connectivity index is 1.57. The molecule has 21 heavy (non-hydrogen) atoms. The van der Waals surface area contributed by atoms with E-state index in [1.54, 1.807) is 0 Å². The van der Waals surface area contributed by atoms with Crippen molar-refractivity contribution in [1.29, 1.82) is 0 Å². The van der Waals surface area contributed by atoms with E-state index in [4.69, 9.17) is 18.0 Å². The van der Waals surface area contributed by atoms with Gasteiger partial charge in [-0.25, -0.2) is 0 Å². The second-order valence-corrected chi connectivity index (χ2v) is 7.34. The van der Waals surface area contributed by atoms with Gasteiger partial charge >= 0.3 is 0 Å². The molecule has 0 amide bonds. The van der Waals surface area contributed by atoms with E-state index < -0.39 is 0 Å². The Kier molecular flexibility index (Phi) is 4.60. The van der Waals surface area contributed by atoms with Gasteiger partial charge in [-0.3, -0.25) is 4.90 Å². The molecule has 1 aliphatic carbocycles. The van der Waals surface area contributed by atoms with Crippen LogP contribution >= 0.6 is 12.2 Å². The fourth-order valence-electron chi connectivity index (χ4n) is 4.07. The standard InChI is InChI=1S/C18H26N2S/c19-17(21)16-6-4-5-15(13-16)14-20-11-9-18(10-12-20)7-2-1-3-8-18/h4-6,13H,1-3,7-12,14H2,(H2,19,21). The Morgan fingerprint density at radius 1 is 1.10 bits per heavy atom. The molecular weight excluding hydrogens is 276 g/mol. The third-order valence-electron chi connectivity index (χ3n) is 5.45. The topological polar surface area (TPSA) is 29.3 Å². The van der Waals surface area contributed by atoms with Gasteiger partial charge in [-0.1, -0.05) is 49.7 Å². The van der Waals surface area contributed by atoms with Crippen LogP contribution in [-0.2, 0) is 6.54 Å². The van der Waals surface area contributed by atoms with Gasteiger partial charge in [0.2, 0.25) is 0 Å². The van der Waals surface area contributed by atoms with Gasteiger partial charge in [0, 0.05) is 12.1 Å². The molecule has 0 bridgehead atoms. The highest BCUT2D eigenvalue weighted by molar-refractivity contribution is 7.80. The molecular formula is C18H26N2S. The fraction of sp³-hybridized carbons (Fsp3) is 0.611. The van der Waals surface area contributed by atoms with Crippen molar-refractivity contribution >= 4 is 17.2 Å². The van der Waals surface area contributed by atoms with Gasteiger partial charge in [-0.05, 0) is 55.8 Å². The summed E-state index contributed by atoms with van der Waals surface area (Å²) in [6, 6.07) is 8.40. The monoisotopic (exact) mass is 302 g/mol. The highest BCUT2D eigenvalue weighted by Crippen LogP contribution is 2.44. The summed E-state index contributed by atoms with van der Waals surface area (Å²) in [6.45, 7) is 3.53. The first kappa shape index (κ1) is 15.0. The van der Waals surface area contributed by atoms with Gasteiger partial charge in [-0.15, -0.1) is 0 Å². The van der Waals surface area contributed by atoms with E-state index in [-0.39, 0.29) is 0 Å². The molecule has 3 heteroatoms. The van der Waals surface area contributed by atoms with E-state index in [9.17, 15) is 0 Å². The van der Waals surface area contributed by atoms with Crippen molar-refractivity contribution in [2.24, 2.45) is 11.1 Å². The normalized spacial score (nSPS) is 22.3. The molecule has 1 aromatic rings. The maximum Gasteiger partial charge on any atom is 0.103 e. The minimum absolute atomic E-state index is 0.497. The summed E-state index contributed by atoms with van der Waals surface area (Å²) in [5.41, 5.74) is 8.74. The Hall–Kier alpha value is -0.930. The van der Waals surface area contributed by atoms with Gasteiger partial charge in [0.25, 0.3) is 0 Å². The summed E-state index contributed by atoms with van der Waals surface area (Å²) >= 11 is 5.07. The van der Waals surface area contributed by atoms with Crippen LogP contribution in [0.5, 0.6) is 0 Å². The predicted octanol–water partition coefficient (Wildman–Crippen LogP) is 3.87. The number of nitrogens with zero attached hydrogens (tertiary/aromatic N) is 1. The smallest absolute Gasteiger partial charge is 0.103 e. The van der Waals surface area contributed by atoms with Gasteiger partial charge in [-0.2, -0.15) is 0 Å². The van der Waals surface area contributed by atoms with Crippen LogP contribution in [0.4, 0.5) is 0 Å². The lowest BCUT2D eigenvalue weighted by Crippen LogP contribution is -2.40. The molecule has 1 saturated heterocycles. The van der Waals surface area contributed by atoms with Crippen LogP contribution < -0.4 is 5.73 Å². The average molecular weight is 302 g/mol. The predicted molar refractivity (Wildman–Crippen MR) is 92.4 cm³/mol. The Morgan fingerprint density at radius 2 is 1.81 bits per heavy atom. The molecule has 1 spiro atoms. The molecule has 2 N–H and O–H groups in total. The third-order valence-corrected chi connectivity index (χ3v) is 5.68. The van der Waals surface area contributed by atoms with Crippen LogP contribution in [0.25, 0.3) is 0 Å². The first-order chi connectivity index (χ1) is 10.2. The second kappa shape index (κ2) is 6.45. The first-order valence-corrected chi connectivity index (χ1v) is 8.69. The molecule has 0 aromatic heterocycles. The Bertz CT molecular complexity index is 496. The summed E-state index contributed by atoms with van der Waals surface area (Å²) < 4.78 is 0. The molecule has 0 atom stereocenters. The lowest BCUT2D eigenvalue weighted by atomic mass is 9.68. The number of rotatable bonds is 3. The molecule has 2 nitrogen and oxygen atoms in total. The van der Waals surface area contributed by atoms with Crippen molar-refractivity contribution in [2.75, 3.05) is 13.1 Å². The zero-order chi connectivity index (χ0) is 14.7. The molecule has 114 valence electrons. The molecule has 2 aliphatic rings. The van der Waals surface area contributed by atoms with Gasteiger partial charge in [0.1, 0.15) is 4.99 Å². The van der Waals surface area contributed by atoms with Crippen LogP contribution in [0.15, 0.2) is 24.3 Å². The zero-order valence-electron chi connectivity index (χ0n) is 12.8. The average Bonchev–Trinajstić information content (AvgIpc) is 2.51. The van der Waals surface area contributed by atoms with Crippen LogP contribution in [0.3, 0.4) is 0 Å². The summed E-state index contributed by atoms with van der Waals surface area (Å²) in [7, 11) is 0. The summed E-state index contributed by atoms with van der Waals surface area (Å²) in [5, 5.41) is 0. The summed E-state index contributed by atoms with van der Waals surface area (Å²) in [5.74, 6) is 0. The van der Waals surface area contributed by atoms with E-state index in [0.29, 0.717) is 10.4 Å². The number of hydrogen-bond donors (Lipinski definition) is 1. The van der Waals surface area contributed by atoms with Crippen molar-refractivity contribution < 1.29 is 0 Å². The molecule has 1 aliphatic heterocycles. The van der Waals surface area contributed by atoms with Crippen molar-refractivity contribution in [1.82, 2.24) is 4.90 Å². The molecule has 0 radical (unpaired) electrons. The van der Waals surface area contributed by atoms with E-state index in [0.717, 1.165) is 12.1 Å². The quantitative estimate of drug-likeness (QED) is 0.860. The van der Waals surface area contributed by atoms with Crippen LogP contribution in [-0.4, -0.2) is 23.0 Å². The maximum atomic E-state index is 5.73. The van der Waals surface area contributed by atoms with E-state index in [1.807, 2.05) is 6.07 Å². The van der Waals surface area contributed by atoms with Crippen LogP contribution in [0.2, 0.25) is 0 Å². The SMILES string of the molecule is NC(=S)c1cccc(CN2CCC3(CCCCC3)CC2)c1. The minimum Gasteiger partial charge on any atom is -0.389 e. The lowest BCUT2D eigenvalue weighted by Gasteiger charge is -2.44. The largest absolute Gasteiger partial charge is 0.389 e. The number of likely N-dealkylation sites (tertiary alicyclic amines) is 1. The van der Waals surface area contributed by atoms with Crippen molar-refractivity contribution in [3.63, 3.8) is 0 Å². The van der Waals surface area contributed by atoms with Crippen LogP contribution in [0, 0.1) is 5.41 Å². The fourth-order valence-corrected chi connectivity index (χ4v) is 4.20. The van der Waals surface area contributed by atoms with E-state index >= 15 is 0 Å². The molecule has 1 aromatic carbocycles. The highest BCUT2D eigenvalue weighted by atomic mass is 32.1. The number of nitrogens with two attached hydrogens (primary N) is 1. The summed E-state index contributed by atoms with van der Waals surface area (Å²) in [6.07, 6.45) is 10.1. The maximum absolute atomic E-state index is 5.73. The lowest BCUT2D eigenvalue weighted by molar-refractivity contribution is 0.0641. The number of piperidine rings is 1. The van der Waals surface area contributed by atoms with Crippen molar-refractivity contribution in [2.45, 2.75) is 51.5 Å². The van der Waals surface area contributed by atoms with E-state index in [2.05, 4.69) is 23.1 Å². The van der Waals surface area contributed by atoms with E-state index in [1.165, 1.54) is 63.6 Å². The van der Waals surface area contributed by atoms with Gasteiger partial charge < -0.3 is 5.73 Å². The van der Waals surface area contributed by atoms with Crippen LogP contribution in [0.1, 0.15) is 56.1 Å². The summed E-state index contributed by atoms with van der Waals surface area (Å²) in [4.78, 5) is 3.09. The third kappa shape index (κ3) is 3.64. The molecule has 3 rings (SSSR count). The number of hydrogen-bond acceptors (Lipinski definition) is 2. The molecule has 2 fully saturated rings. The zero-order valence-corrected chi connectivity index (χ0v) is 13.6. The Morgan fingerprint density at radius 3 is 2.48 bits per heavy atom. The van der Waals surface area contributed by atoms with Gasteiger partial charge in [0.05, 0.1) is 0 Å².